The average Bonchev–Trinajstić information content (AvgIpc) is 2.90. The molecule has 0 unspecified atom stereocenters. The van der Waals surface area contributed by atoms with Gasteiger partial charge < -0.3 is 14.8 Å². The Morgan fingerprint density at radius 1 is 1.14 bits per heavy atom. The van der Waals surface area contributed by atoms with Gasteiger partial charge in [-0.25, -0.2) is 8.42 Å². The number of ether oxygens (including phenoxy) is 2. The number of sulfone groups is 1. The number of hydrogen-bond donors (Lipinski definition) is 1. The van der Waals surface area contributed by atoms with Crippen molar-refractivity contribution in [3.63, 3.8) is 0 Å². The monoisotopic (exact) mass is 413 g/mol. The van der Waals surface area contributed by atoms with E-state index < -0.39 is 27.9 Å². The molecule has 28 heavy (non-hydrogen) atoms. The molecule has 1 amide bonds. The van der Waals surface area contributed by atoms with Gasteiger partial charge in [-0.05, 0) is 24.3 Å². The average molecular weight is 413 g/mol. The van der Waals surface area contributed by atoms with Crippen LogP contribution in [0.25, 0.3) is 5.57 Å². The predicted molar refractivity (Wildman–Crippen MR) is 93.1 cm³/mol. The third-order valence-corrected chi connectivity index (χ3v) is 5.44. The molecule has 148 valence electrons. The largest absolute Gasteiger partial charge is 0.573 e. The summed E-state index contributed by atoms with van der Waals surface area (Å²) in [6, 6.07) is 9.48. The second kappa shape index (κ2) is 7.19. The number of amides is 1. The molecular formula is C18H14F3NO5S. The summed E-state index contributed by atoms with van der Waals surface area (Å²) in [5.74, 6) is -0.911. The van der Waals surface area contributed by atoms with Crippen LogP contribution in [0, 0.1) is 0 Å². The van der Waals surface area contributed by atoms with Gasteiger partial charge in [0.1, 0.15) is 11.5 Å². The molecular weight excluding hydrogens is 399 g/mol. The van der Waals surface area contributed by atoms with Crippen molar-refractivity contribution in [3.05, 3.63) is 59.0 Å². The minimum Gasteiger partial charge on any atom is -0.496 e. The van der Waals surface area contributed by atoms with E-state index in [1.807, 2.05) is 0 Å². The van der Waals surface area contributed by atoms with Gasteiger partial charge in [0.15, 0.2) is 0 Å². The third kappa shape index (κ3) is 4.11. The first-order chi connectivity index (χ1) is 13.1. The zero-order valence-electron chi connectivity index (χ0n) is 14.4. The summed E-state index contributed by atoms with van der Waals surface area (Å²) >= 11 is 0. The summed E-state index contributed by atoms with van der Waals surface area (Å²) in [4.78, 5) is 12.5. The number of hydrogen-bond acceptors (Lipinski definition) is 5. The van der Waals surface area contributed by atoms with Crippen LogP contribution >= 0.6 is 0 Å². The fourth-order valence-corrected chi connectivity index (χ4v) is 4.18. The van der Waals surface area contributed by atoms with Crippen LogP contribution in [-0.4, -0.2) is 27.8 Å². The number of methoxy groups -OCH3 is 1. The first-order valence-electron chi connectivity index (χ1n) is 7.88. The molecule has 6 nitrogen and oxygen atoms in total. The maximum absolute atomic E-state index is 12.5. The molecule has 0 bridgehead atoms. The Labute approximate surface area is 158 Å². The topological polar surface area (TPSA) is 81.7 Å². The highest BCUT2D eigenvalue weighted by Crippen LogP contribution is 2.33. The summed E-state index contributed by atoms with van der Waals surface area (Å²) in [6.07, 6.45) is -4.86. The zero-order valence-corrected chi connectivity index (χ0v) is 15.2. The van der Waals surface area contributed by atoms with Crippen LogP contribution in [0.2, 0.25) is 0 Å². The third-order valence-electron chi connectivity index (χ3n) is 3.93. The van der Waals surface area contributed by atoms with Gasteiger partial charge in [0.05, 0.1) is 17.6 Å². The molecule has 0 spiro atoms. The van der Waals surface area contributed by atoms with Crippen molar-refractivity contribution in [2.45, 2.75) is 17.8 Å². The molecule has 1 aliphatic heterocycles. The number of carbonyl (C=O) groups is 1. The smallest absolute Gasteiger partial charge is 0.496 e. The molecule has 0 saturated heterocycles. The molecule has 0 saturated carbocycles. The molecule has 0 aromatic heterocycles. The molecule has 1 N–H and O–H groups in total. The van der Waals surface area contributed by atoms with E-state index in [2.05, 4.69) is 10.1 Å². The number of fused-ring (bicyclic) bond motifs is 1. The Balaban J connectivity index is 1.81. The van der Waals surface area contributed by atoms with Gasteiger partial charge in [0.2, 0.25) is 9.84 Å². The highest BCUT2D eigenvalue weighted by Gasteiger charge is 2.32. The van der Waals surface area contributed by atoms with Crippen LogP contribution in [0.15, 0.2) is 52.8 Å². The lowest BCUT2D eigenvalue weighted by molar-refractivity contribution is -0.274. The van der Waals surface area contributed by atoms with Gasteiger partial charge in [-0.3, -0.25) is 4.79 Å². The Hall–Kier alpha value is -3.01. The normalized spacial score (nSPS) is 14.8. The van der Waals surface area contributed by atoms with Gasteiger partial charge in [-0.1, -0.05) is 18.2 Å². The van der Waals surface area contributed by atoms with Crippen molar-refractivity contribution < 1.29 is 35.9 Å². The molecule has 0 fully saturated rings. The van der Waals surface area contributed by atoms with Crippen LogP contribution in [0.5, 0.6) is 11.5 Å². The van der Waals surface area contributed by atoms with E-state index in [9.17, 15) is 26.4 Å². The fourth-order valence-electron chi connectivity index (χ4n) is 2.76. The molecule has 10 heteroatoms. The quantitative estimate of drug-likeness (QED) is 0.815. The number of benzene rings is 2. The first-order valence-corrected chi connectivity index (χ1v) is 9.42. The maximum Gasteiger partial charge on any atom is 0.573 e. The predicted octanol–water partition coefficient (Wildman–Crippen LogP) is 3.04. The maximum atomic E-state index is 12.5. The van der Waals surface area contributed by atoms with Gasteiger partial charge in [-0.15, -0.1) is 13.2 Å². The van der Waals surface area contributed by atoms with Gasteiger partial charge >= 0.3 is 6.36 Å². The molecule has 1 aliphatic rings. The van der Waals surface area contributed by atoms with Crippen LogP contribution in [-0.2, 0) is 21.2 Å². The summed E-state index contributed by atoms with van der Waals surface area (Å²) < 4.78 is 70.4. The highest BCUT2D eigenvalue weighted by atomic mass is 32.2. The highest BCUT2D eigenvalue weighted by molar-refractivity contribution is 7.95. The van der Waals surface area contributed by atoms with E-state index in [1.54, 1.807) is 12.1 Å². The van der Waals surface area contributed by atoms with E-state index in [0.29, 0.717) is 0 Å². The second-order valence-electron chi connectivity index (χ2n) is 5.78. The molecule has 3 rings (SSSR count). The Kier molecular flexibility index (Phi) is 5.07. The van der Waals surface area contributed by atoms with E-state index in [1.165, 1.54) is 25.3 Å². The molecule has 0 aliphatic carbocycles. The van der Waals surface area contributed by atoms with Crippen LogP contribution in [0.4, 0.5) is 13.2 Å². The summed E-state index contributed by atoms with van der Waals surface area (Å²) in [7, 11) is -2.39. The number of halogens is 3. The zero-order chi connectivity index (χ0) is 20.5. The first kappa shape index (κ1) is 19.7. The second-order valence-corrected chi connectivity index (χ2v) is 7.54. The van der Waals surface area contributed by atoms with Crippen molar-refractivity contribution >= 4 is 21.3 Å². The standard InChI is InChI=1S/C18H14F3NO5S/c1-26-15-7-6-12(27-18(19,20)21)8-11(15)9-22-17(23)14-10-28(24,25)16-5-3-2-4-13(14)16/h2-8,10H,9H2,1H3,(H,22,23). The summed E-state index contributed by atoms with van der Waals surface area (Å²) in [6.45, 7) is -0.198. The van der Waals surface area contributed by atoms with E-state index in [0.717, 1.165) is 17.5 Å². The molecule has 1 heterocycles. The van der Waals surface area contributed by atoms with Crippen LogP contribution < -0.4 is 14.8 Å². The number of rotatable bonds is 5. The Bertz CT molecular complexity index is 1060. The molecule has 2 aromatic rings. The van der Waals surface area contributed by atoms with E-state index in [-0.39, 0.29) is 33.9 Å². The van der Waals surface area contributed by atoms with Crippen molar-refractivity contribution in [3.8, 4) is 11.5 Å². The summed E-state index contributed by atoms with van der Waals surface area (Å²) in [5, 5.41) is 3.36. The van der Waals surface area contributed by atoms with Crippen molar-refractivity contribution in [1.82, 2.24) is 5.32 Å². The fraction of sp³-hybridized carbons (Fsp3) is 0.167. The minimum absolute atomic E-state index is 0.0262. The minimum atomic E-state index is -4.86. The number of alkyl halides is 3. The van der Waals surface area contributed by atoms with E-state index in [4.69, 9.17) is 4.74 Å². The lowest BCUT2D eigenvalue weighted by Gasteiger charge is -2.14. The molecule has 0 atom stereocenters. The summed E-state index contributed by atoms with van der Waals surface area (Å²) in [5.41, 5.74) is 0.450. The van der Waals surface area contributed by atoms with Gasteiger partial charge in [-0.2, -0.15) is 0 Å². The lowest BCUT2D eigenvalue weighted by Crippen LogP contribution is -2.24. The van der Waals surface area contributed by atoms with E-state index >= 15 is 0 Å². The lowest BCUT2D eigenvalue weighted by atomic mass is 10.1. The Morgan fingerprint density at radius 3 is 2.54 bits per heavy atom. The number of carbonyl (C=O) groups excluding carboxylic acids is 1. The van der Waals surface area contributed by atoms with Crippen molar-refractivity contribution in [2.75, 3.05) is 7.11 Å². The SMILES string of the molecule is COc1ccc(OC(F)(F)F)cc1CNC(=O)C1=CS(=O)(=O)c2ccccc21. The molecule has 0 radical (unpaired) electrons. The van der Waals surface area contributed by atoms with Crippen molar-refractivity contribution in [1.29, 1.82) is 0 Å². The van der Waals surface area contributed by atoms with Gasteiger partial charge in [0, 0.05) is 23.1 Å². The van der Waals surface area contributed by atoms with Crippen LogP contribution in [0.3, 0.4) is 0 Å². The van der Waals surface area contributed by atoms with Crippen LogP contribution in [0.1, 0.15) is 11.1 Å². The number of nitrogens with one attached hydrogen (secondary N) is 1. The van der Waals surface area contributed by atoms with Gasteiger partial charge in [0.25, 0.3) is 5.91 Å². The molecule has 2 aromatic carbocycles. The van der Waals surface area contributed by atoms with Crippen molar-refractivity contribution in [2.24, 2.45) is 0 Å². The Morgan fingerprint density at radius 2 is 1.86 bits per heavy atom.